The molecule has 0 aliphatic carbocycles. The molecule has 4 nitrogen and oxygen atoms in total. The third-order valence-corrected chi connectivity index (χ3v) is 2.46. The zero-order chi connectivity index (χ0) is 12.3. The topological polar surface area (TPSA) is 60.2 Å². The second kappa shape index (κ2) is 4.93. The van der Waals surface area contributed by atoms with Gasteiger partial charge in [0.15, 0.2) is 5.82 Å². The van der Waals surface area contributed by atoms with Crippen molar-refractivity contribution in [2.45, 2.75) is 0 Å². The average Bonchev–Trinajstić information content (AvgIpc) is 2.35. The van der Waals surface area contributed by atoms with Gasteiger partial charge in [-0.1, -0.05) is 11.6 Å². The van der Waals surface area contributed by atoms with Gasteiger partial charge in [-0.15, -0.1) is 0 Å². The van der Waals surface area contributed by atoms with E-state index in [2.05, 4.69) is 10.3 Å². The first-order chi connectivity index (χ1) is 8.19. The van der Waals surface area contributed by atoms with Crippen molar-refractivity contribution >= 4 is 28.8 Å². The van der Waals surface area contributed by atoms with Gasteiger partial charge in [0.05, 0.1) is 12.8 Å². The van der Waals surface area contributed by atoms with Crippen molar-refractivity contribution in [3.63, 3.8) is 0 Å². The lowest BCUT2D eigenvalue weighted by Gasteiger charge is -2.09. The van der Waals surface area contributed by atoms with Gasteiger partial charge in [-0.25, -0.2) is 4.98 Å². The number of nitrogens with one attached hydrogen (secondary N) is 1. The first kappa shape index (κ1) is 11.5. The molecule has 17 heavy (non-hydrogen) atoms. The van der Waals surface area contributed by atoms with Gasteiger partial charge in [-0.3, -0.25) is 0 Å². The Bertz CT molecular complexity index is 514. The summed E-state index contributed by atoms with van der Waals surface area (Å²) >= 11 is 5.80. The smallest absolute Gasteiger partial charge is 0.155 e. The van der Waals surface area contributed by atoms with Gasteiger partial charge >= 0.3 is 0 Å². The maximum Gasteiger partial charge on any atom is 0.155 e. The standard InChI is InChI=1S/C12H12ClN3O/c1-17-9-4-2-8(3-5-9)15-12-10(14)6-7-11(13)16-12/h2-7H,14H2,1H3,(H,15,16). The van der Waals surface area contributed by atoms with Crippen LogP contribution >= 0.6 is 11.6 Å². The summed E-state index contributed by atoms with van der Waals surface area (Å²) in [6.45, 7) is 0. The first-order valence-electron chi connectivity index (χ1n) is 5.02. The maximum absolute atomic E-state index is 5.80. The molecule has 1 aromatic carbocycles. The van der Waals surface area contributed by atoms with Gasteiger partial charge in [0.25, 0.3) is 0 Å². The number of benzene rings is 1. The number of hydrogen-bond donors (Lipinski definition) is 2. The number of pyridine rings is 1. The highest BCUT2D eigenvalue weighted by Gasteiger charge is 2.02. The lowest BCUT2D eigenvalue weighted by molar-refractivity contribution is 0.415. The molecule has 0 atom stereocenters. The number of nitrogen functional groups attached to an aromatic ring is 1. The molecule has 0 saturated carbocycles. The second-order valence-corrected chi connectivity index (χ2v) is 3.81. The highest BCUT2D eigenvalue weighted by Crippen LogP contribution is 2.24. The molecule has 2 aromatic rings. The summed E-state index contributed by atoms with van der Waals surface area (Å²) in [7, 11) is 1.62. The lowest BCUT2D eigenvalue weighted by atomic mass is 10.3. The molecule has 0 fully saturated rings. The predicted molar refractivity (Wildman–Crippen MR) is 69.9 cm³/mol. The second-order valence-electron chi connectivity index (χ2n) is 3.43. The number of aromatic nitrogens is 1. The van der Waals surface area contributed by atoms with Crippen LogP contribution in [-0.2, 0) is 0 Å². The van der Waals surface area contributed by atoms with Gasteiger partial charge in [0.2, 0.25) is 0 Å². The molecule has 5 heteroatoms. The maximum atomic E-state index is 5.80. The fraction of sp³-hybridized carbons (Fsp3) is 0.0833. The van der Waals surface area contributed by atoms with Gasteiger partial charge < -0.3 is 15.8 Å². The van der Waals surface area contributed by atoms with Crippen molar-refractivity contribution in [3.05, 3.63) is 41.6 Å². The van der Waals surface area contributed by atoms with Crippen LogP contribution in [0.2, 0.25) is 5.15 Å². The van der Waals surface area contributed by atoms with E-state index in [9.17, 15) is 0 Å². The molecule has 1 aromatic heterocycles. The summed E-state index contributed by atoms with van der Waals surface area (Å²) in [5.41, 5.74) is 7.20. The van der Waals surface area contributed by atoms with Crippen LogP contribution in [-0.4, -0.2) is 12.1 Å². The fourth-order valence-corrected chi connectivity index (χ4v) is 1.50. The summed E-state index contributed by atoms with van der Waals surface area (Å²) in [6, 6.07) is 10.8. The Balaban J connectivity index is 2.22. The Labute approximate surface area is 104 Å². The van der Waals surface area contributed by atoms with Gasteiger partial charge in [0, 0.05) is 5.69 Å². The van der Waals surface area contributed by atoms with E-state index in [0.717, 1.165) is 11.4 Å². The molecular formula is C12H12ClN3O. The molecule has 88 valence electrons. The van der Waals surface area contributed by atoms with Crippen molar-refractivity contribution < 1.29 is 4.74 Å². The first-order valence-corrected chi connectivity index (χ1v) is 5.40. The molecule has 0 saturated heterocycles. The lowest BCUT2D eigenvalue weighted by Crippen LogP contribution is -1.99. The number of anilines is 3. The fourth-order valence-electron chi connectivity index (χ4n) is 1.36. The molecule has 0 spiro atoms. The number of hydrogen-bond acceptors (Lipinski definition) is 4. The Morgan fingerprint density at radius 3 is 2.53 bits per heavy atom. The molecule has 2 rings (SSSR count). The minimum Gasteiger partial charge on any atom is -0.497 e. The quantitative estimate of drug-likeness (QED) is 0.821. The highest BCUT2D eigenvalue weighted by atomic mass is 35.5. The van der Waals surface area contributed by atoms with Crippen LogP contribution in [0, 0.1) is 0 Å². The minimum absolute atomic E-state index is 0.398. The van der Waals surface area contributed by atoms with Crippen molar-refractivity contribution in [2.24, 2.45) is 0 Å². The van der Waals surface area contributed by atoms with Crippen molar-refractivity contribution in [2.75, 3.05) is 18.2 Å². The zero-order valence-corrected chi connectivity index (χ0v) is 10.0. The molecule has 0 radical (unpaired) electrons. The number of nitrogens with two attached hydrogens (primary N) is 1. The number of halogens is 1. The van der Waals surface area contributed by atoms with E-state index < -0.39 is 0 Å². The number of rotatable bonds is 3. The van der Waals surface area contributed by atoms with Crippen LogP contribution in [0.5, 0.6) is 5.75 Å². The Hall–Kier alpha value is -1.94. The Kier molecular flexibility index (Phi) is 3.35. The Morgan fingerprint density at radius 2 is 1.88 bits per heavy atom. The van der Waals surface area contributed by atoms with E-state index in [-0.39, 0.29) is 0 Å². The molecule has 1 heterocycles. The summed E-state index contributed by atoms with van der Waals surface area (Å²) < 4.78 is 5.07. The number of ether oxygens (including phenoxy) is 1. The average molecular weight is 250 g/mol. The largest absolute Gasteiger partial charge is 0.497 e. The summed E-state index contributed by atoms with van der Waals surface area (Å²) in [5.74, 6) is 1.34. The van der Waals surface area contributed by atoms with Crippen LogP contribution in [0.4, 0.5) is 17.2 Å². The molecule has 0 amide bonds. The van der Waals surface area contributed by atoms with Crippen LogP contribution in [0.15, 0.2) is 36.4 Å². The molecular weight excluding hydrogens is 238 g/mol. The molecule has 0 aliphatic heterocycles. The van der Waals surface area contributed by atoms with E-state index in [1.807, 2.05) is 24.3 Å². The highest BCUT2D eigenvalue weighted by molar-refractivity contribution is 6.29. The van der Waals surface area contributed by atoms with Crippen LogP contribution < -0.4 is 15.8 Å². The van der Waals surface area contributed by atoms with Crippen molar-refractivity contribution in [1.29, 1.82) is 0 Å². The van der Waals surface area contributed by atoms with Crippen molar-refractivity contribution in [1.82, 2.24) is 4.98 Å². The van der Waals surface area contributed by atoms with E-state index in [1.165, 1.54) is 0 Å². The summed E-state index contributed by atoms with van der Waals surface area (Å²) in [6.07, 6.45) is 0. The third kappa shape index (κ3) is 2.79. The van der Waals surface area contributed by atoms with Gasteiger partial charge in [-0.2, -0.15) is 0 Å². The van der Waals surface area contributed by atoms with Crippen LogP contribution in [0.3, 0.4) is 0 Å². The van der Waals surface area contributed by atoms with Crippen LogP contribution in [0.25, 0.3) is 0 Å². The van der Waals surface area contributed by atoms with Gasteiger partial charge in [-0.05, 0) is 36.4 Å². The van der Waals surface area contributed by atoms with Gasteiger partial charge in [0.1, 0.15) is 10.9 Å². The molecule has 3 N–H and O–H groups in total. The van der Waals surface area contributed by atoms with E-state index in [1.54, 1.807) is 19.2 Å². The van der Waals surface area contributed by atoms with Crippen LogP contribution in [0.1, 0.15) is 0 Å². The molecule has 0 unspecified atom stereocenters. The summed E-state index contributed by atoms with van der Waals surface area (Å²) in [4.78, 5) is 4.11. The monoisotopic (exact) mass is 249 g/mol. The predicted octanol–water partition coefficient (Wildman–Crippen LogP) is 3.07. The van der Waals surface area contributed by atoms with E-state index in [4.69, 9.17) is 22.1 Å². The summed E-state index contributed by atoms with van der Waals surface area (Å²) in [5, 5.41) is 3.49. The Morgan fingerprint density at radius 1 is 1.18 bits per heavy atom. The third-order valence-electron chi connectivity index (χ3n) is 2.25. The van der Waals surface area contributed by atoms with E-state index >= 15 is 0 Å². The van der Waals surface area contributed by atoms with E-state index in [0.29, 0.717) is 16.7 Å². The minimum atomic E-state index is 0.398. The SMILES string of the molecule is COc1ccc(Nc2nc(Cl)ccc2N)cc1. The molecule has 0 bridgehead atoms. The zero-order valence-electron chi connectivity index (χ0n) is 9.27. The number of methoxy groups -OCH3 is 1. The van der Waals surface area contributed by atoms with Crippen molar-refractivity contribution in [3.8, 4) is 5.75 Å². The normalized spacial score (nSPS) is 10.0. The molecule has 0 aliphatic rings. The number of nitrogens with zero attached hydrogens (tertiary/aromatic N) is 1.